The van der Waals surface area contributed by atoms with Gasteiger partial charge in [0, 0.05) is 28.2 Å². The molecule has 11 heteroatoms. The summed E-state index contributed by atoms with van der Waals surface area (Å²) in [6.07, 6.45) is -5.64. The number of hydrazone groups is 1. The van der Waals surface area contributed by atoms with E-state index in [2.05, 4.69) is 5.10 Å². The molecule has 0 saturated carbocycles. The Bertz CT molecular complexity index is 1170. The number of benzene rings is 2. The molecule has 0 bridgehead atoms. The van der Waals surface area contributed by atoms with Gasteiger partial charge in [0.2, 0.25) is 0 Å². The number of nitrogens with one attached hydrogen (secondary N) is 1. The Morgan fingerprint density at radius 2 is 1.62 bits per heavy atom. The number of rotatable bonds is 6. The molecule has 3 rings (SSSR count). The van der Waals surface area contributed by atoms with Gasteiger partial charge in [0.1, 0.15) is 0 Å². The summed E-state index contributed by atoms with van der Waals surface area (Å²) in [6.45, 7) is 3.79. The summed E-state index contributed by atoms with van der Waals surface area (Å²) in [7, 11) is 0. The van der Waals surface area contributed by atoms with Gasteiger partial charge in [-0.1, -0.05) is 48.0 Å². The molecule has 0 radical (unpaired) electrons. The number of aromatic nitrogens is 1. The van der Waals surface area contributed by atoms with E-state index in [0.717, 1.165) is 22.9 Å². The van der Waals surface area contributed by atoms with Crippen LogP contribution in [0.15, 0.2) is 47.6 Å². The van der Waals surface area contributed by atoms with E-state index in [9.17, 15) is 30.7 Å². The minimum atomic E-state index is -6.45. The zero-order valence-electron chi connectivity index (χ0n) is 16.7. The highest BCUT2D eigenvalue weighted by Crippen LogP contribution is 2.45. The lowest BCUT2D eigenvalue weighted by atomic mass is 10.1. The maximum atomic E-state index is 13.5. The average molecular weight is 480 g/mol. The van der Waals surface area contributed by atoms with Crippen LogP contribution in [0.25, 0.3) is 10.9 Å². The predicted molar refractivity (Wildman–Crippen MR) is 109 cm³/mol. The maximum absolute atomic E-state index is 13.5. The van der Waals surface area contributed by atoms with E-state index in [1.807, 2.05) is 17.6 Å². The topological polar surface area (TPSA) is 29.3 Å². The predicted octanol–water partition coefficient (Wildman–Crippen LogP) is 6.67. The monoisotopic (exact) mass is 479 g/mol. The van der Waals surface area contributed by atoms with Crippen molar-refractivity contribution in [2.75, 3.05) is 0 Å². The summed E-state index contributed by atoms with van der Waals surface area (Å²) < 4.78 is 91.9. The summed E-state index contributed by atoms with van der Waals surface area (Å²) in [4.78, 5) is 0. The van der Waals surface area contributed by atoms with Crippen LogP contribution in [0.5, 0.6) is 0 Å². The Morgan fingerprint density at radius 1 is 0.969 bits per heavy atom. The van der Waals surface area contributed by atoms with Crippen LogP contribution in [0.3, 0.4) is 0 Å². The van der Waals surface area contributed by atoms with Crippen molar-refractivity contribution in [1.82, 2.24) is 9.99 Å². The van der Waals surface area contributed by atoms with Gasteiger partial charge in [-0.15, -0.1) is 0 Å². The van der Waals surface area contributed by atoms with Crippen LogP contribution in [0.4, 0.5) is 30.7 Å². The molecular formula is C21H17ClF7N3. The zero-order chi connectivity index (χ0) is 23.9. The fraction of sp³-hybridized carbons (Fsp3) is 0.286. The van der Waals surface area contributed by atoms with Gasteiger partial charge in [0.25, 0.3) is 0 Å². The first-order valence-electron chi connectivity index (χ1n) is 9.22. The van der Waals surface area contributed by atoms with Crippen molar-refractivity contribution in [3.63, 3.8) is 0 Å². The van der Waals surface area contributed by atoms with E-state index in [0.29, 0.717) is 28.1 Å². The van der Waals surface area contributed by atoms with Gasteiger partial charge in [-0.2, -0.15) is 35.8 Å². The average Bonchev–Trinajstić information content (AvgIpc) is 2.95. The number of hydrogen-bond donors (Lipinski definition) is 1. The van der Waals surface area contributed by atoms with E-state index >= 15 is 0 Å². The van der Waals surface area contributed by atoms with E-state index < -0.39 is 18.1 Å². The molecule has 0 spiro atoms. The van der Waals surface area contributed by atoms with Gasteiger partial charge >= 0.3 is 18.1 Å². The maximum Gasteiger partial charge on any atom is 0.462 e. The van der Waals surface area contributed by atoms with Crippen LogP contribution in [-0.2, 0) is 6.54 Å². The van der Waals surface area contributed by atoms with Crippen LogP contribution in [-0.4, -0.2) is 28.9 Å². The first-order valence-corrected chi connectivity index (χ1v) is 9.60. The van der Waals surface area contributed by atoms with Crippen LogP contribution in [0, 0.1) is 13.8 Å². The van der Waals surface area contributed by atoms with Crippen molar-refractivity contribution in [1.29, 1.82) is 0 Å². The van der Waals surface area contributed by atoms with Crippen molar-refractivity contribution in [2.45, 2.75) is 38.5 Å². The Balaban J connectivity index is 2.02. The summed E-state index contributed by atoms with van der Waals surface area (Å²) in [5, 5.41) is 4.10. The molecule has 172 valence electrons. The summed E-state index contributed by atoms with van der Waals surface area (Å²) in [5.41, 5.74) is 3.81. The molecule has 0 aliphatic carbocycles. The Morgan fingerprint density at radius 3 is 2.25 bits per heavy atom. The third-order valence-electron chi connectivity index (χ3n) is 5.03. The smallest absolute Gasteiger partial charge is 0.340 e. The molecule has 0 amide bonds. The molecule has 2 aromatic carbocycles. The van der Waals surface area contributed by atoms with Gasteiger partial charge in [-0.05, 0) is 31.0 Å². The van der Waals surface area contributed by atoms with Gasteiger partial charge in [-0.3, -0.25) is 0 Å². The number of fused-ring (bicyclic) bond motifs is 1. The van der Waals surface area contributed by atoms with Gasteiger partial charge in [-0.25, -0.2) is 5.43 Å². The highest BCUT2D eigenvalue weighted by atomic mass is 35.5. The van der Waals surface area contributed by atoms with E-state index in [4.69, 9.17) is 11.6 Å². The normalized spacial score (nSPS) is 13.3. The number of hydrogen-bond acceptors (Lipinski definition) is 2. The van der Waals surface area contributed by atoms with Crippen LogP contribution < -0.4 is 5.43 Å². The lowest BCUT2D eigenvalue weighted by Gasteiger charge is -2.27. The summed E-state index contributed by atoms with van der Waals surface area (Å²) in [5.74, 6) is -6.30. The molecule has 3 aromatic rings. The molecule has 3 nitrogen and oxygen atoms in total. The molecular weight excluding hydrogens is 463 g/mol. The largest absolute Gasteiger partial charge is 0.462 e. The molecule has 1 N–H and O–H groups in total. The number of para-hydroxylation sites is 1. The number of halogens is 8. The van der Waals surface area contributed by atoms with E-state index in [1.54, 1.807) is 43.3 Å². The molecule has 1 aromatic heterocycles. The molecule has 0 aliphatic heterocycles. The van der Waals surface area contributed by atoms with E-state index in [-0.39, 0.29) is 5.56 Å². The second kappa shape index (κ2) is 8.31. The minimum Gasteiger partial charge on any atom is -0.340 e. The first kappa shape index (κ1) is 23.9. The second-order valence-electron chi connectivity index (χ2n) is 7.16. The van der Waals surface area contributed by atoms with E-state index in [1.165, 1.54) is 0 Å². The van der Waals surface area contributed by atoms with Crippen LogP contribution in [0.1, 0.15) is 22.4 Å². The Labute approximate surface area is 183 Å². The first-order chi connectivity index (χ1) is 14.8. The highest BCUT2D eigenvalue weighted by Gasteiger charge is 2.73. The lowest BCUT2D eigenvalue weighted by molar-refractivity contribution is -0.361. The third-order valence-corrected chi connectivity index (χ3v) is 5.40. The van der Waals surface area contributed by atoms with Crippen LogP contribution >= 0.6 is 11.6 Å². The Hall–Kier alpha value is -2.75. The van der Waals surface area contributed by atoms with Gasteiger partial charge in [0.15, 0.2) is 0 Å². The van der Waals surface area contributed by atoms with Crippen molar-refractivity contribution in [2.24, 2.45) is 5.10 Å². The quantitative estimate of drug-likeness (QED) is 0.182. The fourth-order valence-electron chi connectivity index (χ4n) is 3.33. The molecule has 32 heavy (non-hydrogen) atoms. The lowest BCUT2D eigenvalue weighted by Crippen LogP contribution is -2.58. The number of aryl methyl sites for hydroxylation is 1. The number of nitrogens with zero attached hydrogens (tertiary/aromatic N) is 2. The van der Waals surface area contributed by atoms with Crippen molar-refractivity contribution in [3.8, 4) is 0 Å². The second-order valence-corrected chi connectivity index (χ2v) is 7.57. The van der Waals surface area contributed by atoms with Gasteiger partial charge < -0.3 is 4.57 Å². The number of alkyl halides is 7. The Kier molecular flexibility index (Phi) is 6.21. The van der Waals surface area contributed by atoms with Gasteiger partial charge in [0.05, 0.1) is 11.7 Å². The van der Waals surface area contributed by atoms with Crippen molar-refractivity contribution >= 4 is 28.7 Å². The zero-order valence-corrected chi connectivity index (χ0v) is 17.5. The molecule has 1 heterocycles. The molecule has 0 saturated heterocycles. The SMILES string of the molecule is Cc1cccc2c(/C=N/NC(F)(F)C(F)(F)C(F)(F)F)c(C)n(Cc3ccccc3Cl)c12. The van der Waals surface area contributed by atoms with Crippen molar-refractivity contribution < 1.29 is 30.7 Å². The molecule has 0 aliphatic rings. The molecule has 0 unspecified atom stereocenters. The fourth-order valence-corrected chi connectivity index (χ4v) is 3.52. The highest BCUT2D eigenvalue weighted by molar-refractivity contribution is 6.31. The van der Waals surface area contributed by atoms with Crippen molar-refractivity contribution in [3.05, 3.63) is 69.9 Å². The summed E-state index contributed by atoms with van der Waals surface area (Å²) >= 11 is 6.24. The standard InChI is InChI=1S/C21H17ClF7N3/c1-12-6-5-8-15-16(10-30-31-21(28,29)19(23,24)20(25,26)27)13(2)32(18(12)15)11-14-7-3-4-9-17(14)22/h3-10,31H,11H2,1-2H3/b30-10+. The minimum absolute atomic E-state index is 0.286. The molecule has 0 atom stereocenters. The summed E-state index contributed by atoms with van der Waals surface area (Å²) in [6, 6.07) is 6.63. The van der Waals surface area contributed by atoms with Crippen LogP contribution in [0.2, 0.25) is 5.02 Å². The third kappa shape index (κ3) is 4.15. The molecule has 0 fully saturated rings.